The molecule has 164 valence electrons. The van der Waals surface area contributed by atoms with Crippen molar-refractivity contribution in [2.75, 3.05) is 73.2 Å². The van der Waals surface area contributed by atoms with Crippen molar-refractivity contribution in [1.82, 2.24) is 20.4 Å². The molecule has 1 aliphatic heterocycles. The number of guanidine groups is 1. The van der Waals surface area contributed by atoms with Gasteiger partial charge >= 0.3 is 0 Å². The molecule has 29 heavy (non-hydrogen) atoms. The Bertz CT molecular complexity index is 573. The Kier molecular flexibility index (Phi) is 11.7. The first-order chi connectivity index (χ1) is 14.2. The Morgan fingerprint density at radius 2 is 1.86 bits per heavy atom. The summed E-state index contributed by atoms with van der Waals surface area (Å²) in [4.78, 5) is 9.48. The van der Waals surface area contributed by atoms with Gasteiger partial charge in [0, 0.05) is 59.5 Å². The monoisotopic (exact) mass is 405 g/mol. The van der Waals surface area contributed by atoms with E-state index in [0.29, 0.717) is 6.54 Å². The molecule has 2 rings (SSSR count). The molecule has 0 spiro atoms. The zero-order chi connectivity index (χ0) is 20.7. The minimum atomic E-state index is 0.677. The van der Waals surface area contributed by atoms with Crippen LogP contribution in [-0.4, -0.2) is 89.0 Å². The average molecular weight is 406 g/mol. The van der Waals surface area contributed by atoms with E-state index in [-0.39, 0.29) is 0 Å². The molecule has 1 heterocycles. The number of rotatable bonds is 12. The van der Waals surface area contributed by atoms with Crippen LogP contribution in [0.25, 0.3) is 0 Å². The minimum absolute atomic E-state index is 0.677. The fraction of sp³-hybridized carbons (Fsp3) is 0.682. The molecule has 1 saturated heterocycles. The van der Waals surface area contributed by atoms with Crippen molar-refractivity contribution in [3.05, 3.63) is 35.4 Å². The van der Waals surface area contributed by atoms with Crippen LogP contribution in [-0.2, 0) is 22.6 Å². The number of hydrogen-bond acceptors (Lipinski definition) is 5. The Labute approximate surface area is 176 Å². The van der Waals surface area contributed by atoms with Crippen molar-refractivity contribution in [3.63, 3.8) is 0 Å². The third kappa shape index (κ3) is 10.1. The van der Waals surface area contributed by atoms with Crippen molar-refractivity contribution in [1.29, 1.82) is 0 Å². The summed E-state index contributed by atoms with van der Waals surface area (Å²) in [5, 5.41) is 6.75. The summed E-state index contributed by atoms with van der Waals surface area (Å²) in [7, 11) is 3.89. The van der Waals surface area contributed by atoms with Crippen molar-refractivity contribution in [2.24, 2.45) is 4.99 Å². The summed E-state index contributed by atoms with van der Waals surface area (Å²) in [5.74, 6) is 0.871. The molecule has 0 amide bonds. The van der Waals surface area contributed by atoms with E-state index in [1.807, 2.05) is 0 Å². The van der Waals surface area contributed by atoms with Crippen LogP contribution in [0.4, 0.5) is 0 Å². The SMILES string of the molecule is CCNC(=NCc1ccc(CN2CCOCC2)cc1)NCCN(C)CCCOC. The van der Waals surface area contributed by atoms with Crippen LogP contribution >= 0.6 is 0 Å². The molecular formula is C22H39N5O2. The summed E-state index contributed by atoms with van der Waals surface area (Å²) in [6, 6.07) is 8.81. The summed E-state index contributed by atoms with van der Waals surface area (Å²) in [6.07, 6.45) is 1.06. The van der Waals surface area contributed by atoms with Crippen LogP contribution in [0.3, 0.4) is 0 Å². The summed E-state index contributed by atoms with van der Waals surface area (Å²) in [6.45, 7) is 12.0. The largest absolute Gasteiger partial charge is 0.385 e. The molecule has 0 aromatic heterocycles. The topological polar surface area (TPSA) is 61.4 Å². The van der Waals surface area contributed by atoms with Gasteiger partial charge in [0.25, 0.3) is 0 Å². The Morgan fingerprint density at radius 1 is 1.14 bits per heavy atom. The maximum absolute atomic E-state index is 5.42. The smallest absolute Gasteiger partial charge is 0.191 e. The van der Waals surface area contributed by atoms with Gasteiger partial charge in [-0.2, -0.15) is 0 Å². The first-order valence-corrected chi connectivity index (χ1v) is 10.8. The second kappa shape index (κ2) is 14.3. The molecule has 1 aromatic rings. The third-order valence-electron chi connectivity index (χ3n) is 4.97. The number of morpholine rings is 1. The summed E-state index contributed by atoms with van der Waals surface area (Å²) >= 11 is 0. The van der Waals surface area contributed by atoms with Gasteiger partial charge in [0.15, 0.2) is 5.96 Å². The van der Waals surface area contributed by atoms with Gasteiger partial charge in [-0.25, -0.2) is 4.99 Å². The van der Waals surface area contributed by atoms with Gasteiger partial charge in [0.1, 0.15) is 0 Å². The van der Waals surface area contributed by atoms with E-state index in [2.05, 4.69) is 58.7 Å². The second-order valence-corrected chi connectivity index (χ2v) is 7.48. The molecule has 2 N–H and O–H groups in total. The van der Waals surface area contributed by atoms with Crippen LogP contribution in [0.15, 0.2) is 29.3 Å². The molecule has 0 saturated carbocycles. The highest BCUT2D eigenvalue weighted by Gasteiger charge is 2.10. The number of likely N-dealkylation sites (N-methyl/N-ethyl adjacent to an activating group) is 1. The molecule has 0 aliphatic carbocycles. The van der Waals surface area contributed by atoms with Crippen LogP contribution in [0.1, 0.15) is 24.5 Å². The Balaban J connectivity index is 1.75. The second-order valence-electron chi connectivity index (χ2n) is 7.48. The number of nitrogens with zero attached hydrogens (tertiary/aromatic N) is 3. The minimum Gasteiger partial charge on any atom is -0.385 e. The van der Waals surface area contributed by atoms with Crippen molar-refractivity contribution in [3.8, 4) is 0 Å². The van der Waals surface area contributed by atoms with Crippen molar-refractivity contribution >= 4 is 5.96 Å². The number of hydrogen-bond donors (Lipinski definition) is 2. The first kappa shape index (κ1) is 23.6. The number of ether oxygens (including phenoxy) is 2. The molecule has 7 nitrogen and oxygen atoms in total. The maximum atomic E-state index is 5.42. The molecule has 7 heteroatoms. The molecule has 1 aliphatic rings. The van der Waals surface area contributed by atoms with Crippen LogP contribution in [0.5, 0.6) is 0 Å². The zero-order valence-corrected chi connectivity index (χ0v) is 18.5. The fourth-order valence-electron chi connectivity index (χ4n) is 3.24. The number of nitrogens with one attached hydrogen (secondary N) is 2. The molecule has 0 radical (unpaired) electrons. The lowest BCUT2D eigenvalue weighted by molar-refractivity contribution is 0.0342. The number of aliphatic imine (C=N–C) groups is 1. The lowest BCUT2D eigenvalue weighted by atomic mass is 10.1. The summed E-state index contributed by atoms with van der Waals surface area (Å²) in [5.41, 5.74) is 2.57. The van der Waals surface area contributed by atoms with E-state index in [4.69, 9.17) is 14.5 Å². The van der Waals surface area contributed by atoms with E-state index >= 15 is 0 Å². The van der Waals surface area contributed by atoms with Gasteiger partial charge in [-0.3, -0.25) is 4.90 Å². The van der Waals surface area contributed by atoms with E-state index in [0.717, 1.165) is 78.0 Å². The lowest BCUT2D eigenvalue weighted by Crippen LogP contribution is -2.41. The highest BCUT2D eigenvalue weighted by atomic mass is 16.5. The molecule has 1 fully saturated rings. The van der Waals surface area contributed by atoms with Crippen LogP contribution < -0.4 is 10.6 Å². The third-order valence-corrected chi connectivity index (χ3v) is 4.97. The molecule has 0 unspecified atom stereocenters. The van der Waals surface area contributed by atoms with Gasteiger partial charge in [0.2, 0.25) is 0 Å². The standard InChI is InChI=1S/C22H39N5O2/c1-4-23-22(24-10-12-26(2)11-5-15-28-3)25-18-20-6-8-21(9-7-20)19-27-13-16-29-17-14-27/h6-9H,4-5,10-19H2,1-3H3,(H2,23,24,25). The lowest BCUT2D eigenvalue weighted by Gasteiger charge is -2.26. The van der Waals surface area contributed by atoms with Gasteiger partial charge in [-0.15, -0.1) is 0 Å². The van der Waals surface area contributed by atoms with E-state index < -0.39 is 0 Å². The predicted molar refractivity (Wildman–Crippen MR) is 119 cm³/mol. The van der Waals surface area contributed by atoms with Gasteiger partial charge in [0.05, 0.1) is 19.8 Å². The summed E-state index contributed by atoms with van der Waals surface area (Å²) < 4.78 is 10.5. The highest BCUT2D eigenvalue weighted by molar-refractivity contribution is 5.79. The van der Waals surface area contributed by atoms with Gasteiger partial charge < -0.3 is 25.0 Å². The normalized spacial score (nSPS) is 15.7. The Morgan fingerprint density at radius 3 is 2.55 bits per heavy atom. The fourth-order valence-corrected chi connectivity index (χ4v) is 3.24. The number of benzene rings is 1. The predicted octanol–water partition coefficient (Wildman–Crippen LogP) is 1.54. The Hall–Kier alpha value is -1.67. The number of methoxy groups -OCH3 is 1. The molecule has 0 atom stereocenters. The average Bonchev–Trinajstić information content (AvgIpc) is 2.74. The molecular weight excluding hydrogens is 366 g/mol. The van der Waals surface area contributed by atoms with E-state index in [1.54, 1.807) is 7.11 Å². The van der Waals surface area contributed by atoms with E-state index in [9.17, 15) is 0 Å². The van der Waals surface area contributed by atoms with Gasteiger partial charge in [-0.05, 0) is 31.5 Å². The van der Waals surface area contributed by atoms with E-state index in [1.165, 1.54) is 11.1 Å². The van der Waals surface area contributed by atoms with Gasteiger partial charge in [-0.1, -0.05) is 24.3 Å². The van der Waals surface area contributed by atoms with Crippen LogP contribution in [0.2, 0.25) is 0 Å². The maximum Gasteiger partial charge on any atom is 0.191 e. The zero-order valence-electron chi connectivity index (χ0n) is 18.5. The molecule has 0 bridgehead atoms. The molecule has 1 aromatic carbocycles. The van der Waals surface area contributed by atoms with Crippen molar-refractivity contribution in [2.45, 2.75) is 26.4 Å². The quantitative estimate of drug-likeness (QED) is 0.313. The highest BCUT2D eigenvalue weighted by Crippen LogP contribution is 2.10. The first-order valence-electron chi connectivity index (χ1n) is 10.8. The van der Waals surface area contributed by atoms with Crippen LogP contribution in [0, 0.1) is 0 Å². The van der Waals surface area contributed by atoms with Crippen molar-refractivity contribution < 1.29 is 9.47 Å².